The molecule has 0 aliphatic heterocycles. The maximum atomic E-state index is 12.5. The molecule has 0 unspecified atom stereocenters. The average Bonchev–Trinajstić information content (AvgIpc) is 2.71. The van der Waals surface area contributed by atoms with Gasteiger partial charge in [0.25, 0.3) is 5.56 Å². The number of hydrogen-bond acceptors (Lipinski definition) is 2. The fourth-order valence-corrected chi connectivity index (χ4v) is 4.64. The lowest BCUT2D eigenvalue weighted by Gasteiger charge is -2.16. The monoisotopic (exact) mass is 498 g/mol. The Morgan fingerprint density at radius 3 is 2.14 bits per heavy atom. The summed E-state index contributed by atoms with van der Waals surface area (Å²) in [5.41, 5.74) is 2.96. The minimum absolute atomic E-state index is 0.122. The standard InChI is InChI=1S/C22H17Br2N3O/c23-16-11-17-21(18(24)12-16)26-19(27-22(17)28)13-25-20(14-7-3-1-4-8-14)15-9-5-2-6-10-15/h1-12,20,25H,13H2,(H,26,27,28)/p+1. The van der Waals surface area contributed by atoms with Crippen LogP contribution in [-0.4, -0.2) is 9.97 Å². The fraction of sp³-hybridized carbons (Fsp3) is 0.0909. The highest BCUT2D eigenvalue weighted by atomic mass is 79.9. The van der Waals surface area contributed by atoms with E-state index in [9.17, 15) is 4.79 Å². The van der Waals surface area contributed by atoms with Crippen LogP contribution in [-0.2, 0) is 6.54 Å². The molecule has 4 nitrogen and oxygen atoms in total. The fourth-order valence-electron chi connectivity index (χ4n) is 3.33. The van der Waals surface area contributed by atoms with Crippen LogP contribution < -0.4 is 10.9 Å². The molecule has 1 heterocycles. The Labute approximate surface area is 179 Å². The van der Waals surface area contributed by atoms with Gasteiger partial charge in [0.15, 0.2) is 5.82 Å². The lowest BCUT2D eigenvalue weighted by molar-refractivity contribution is -0.703. The first kappa shape index (κ1) is 19.1. The van der Waals surface area contributed by atoms with Gasteiger partial charge in [-0.1, -0.05) is 76.6 Å². The molecular weight excluding hydrogens is 482 g/mol. The SMILES string of the molecule is O=c1[nH]c(C[NH2+]C(c2ccccc2)c2ccccc2)nc2c(Br)cc(Br)cc12. The lowest BCUT2D eigenvalue weighted by atomic mass is 9.99. The van der Waals surface area contributed by atoms with Gasteiger partial charge in [0.2, 0.25) is 0 Å². The van der Waals surface area contributed by atoms with E-state index in [-0.39, 0.29) is 11.6 Å². The summed E-state index contributed by atoms with van der Waals surface area (Å²) in [5.74, 6) is 0.650. The Bertz CT molecular complexity index is 1120. The van der Waals surface area contributed by atoms with Crippen LogP contribution in [0.4, 0.5) is 0 Å². The number of quaternary nitrogens is 1. The van der Waals surface area contributed by atoms with E-state index in [1.54, 1.807) is 6.07 Å². The predicted octanol–water partition coefficient (Wildman–Crippen LogP) is 4.30. The first-order valence-corrected chi connectivity index (χ1v) is 10.5. The summed E-state index contributed by atoms with van der Waals surface area (Å²) in [5, 5.41) is 2.76. The van der Waals surface area contributed by atoms with Gasteiger partial charge < -0.3 is 10.3 Å². The van der Waals surface area contributed by atoms with Gasteiger partial charge in [-0.2, -0.15) is 0 Å². The average molecular weight is 500 g/mol. The molecule has 0 bridgehead atoms. The highest BCUT2D eigenvalue weighted by molar-refractivity contribution is 9.11. The number of nitrogens with one attached hydrogen (secondary N) is 1. The maximum Gasteiger partial charge on any atom is 0.259 e. The first-order chi connectivity index (χ1) is 13.6. The molecule has 3 aromatic carbocycles. The Hall–Kier alpha value is -2.28. The third-order valence-corrected chi connectivity index (χ3v) is 5.70. The number of aromatic nitrogens is 2. The van der Waals surface area contributed by atoms with Crippen LogP contribution in [0.5, 0.6) is 0 Å². The van der Waals surface area contributed by atoms with Crippen molar-refractivity contribution in [3.63, 3.8) is 0 Å². The summed E-state index contributed by atoms with van der Waals surface area (Å²) >= 11 is 6.93. The van der Waals surface area contributed by atoms with Crippen molar-refractivity contribution in [1.82, 2.24) is 9.97 Å². The number of hydrogen-bond donors (Lipinski definition) is 2. The zero-order chi connectivity index (χ0) is 19.5. The molecular formula is C22H18Br2N3O+. The number of halogens is 2. The summed E-state index contributed by atoms with van der Waals surface area (Å²) in [6, 6.07) is 24.5. The topological polar surface area (TPSA) is 62.4 Å². The van der Waals surface area contributed by atoms with Crippen molar-refractivity contribution in [1.29, 1.82) is 0 Å². The molecule has 0 saturated heterocycles. The van der Waals surface area contributed by atoms with Gasteiger partial charge in [0.1, 0.15) is 12.6 Å². The first-order valence-electron chi connectivity index (χ1n) is 8.93. The van der Waals surface area contributed by atoms with E-state index < -0.39 is 0 Å². The number of aromatic amines is 1. The van der Waals surface area contributed by atoms with Gasteiger partial charge in [0.05, 0.1) is 10.9 Å². The summed E-state index contributed by atoms with van der Waals surface area (Å²) in [7, 11) is 0. The zero-order valence-corrected chi connectivity index (χ0v) is 18.1. The smallest absolute Gasteiger partial charge is 0.259 e. The number of H-pyrrole nitrogens is 1. The molecule has 0 saturated carbocycles. The molecule has 1 aromatic heterocycles. The van der Waals surface area contributed by atoms with Gasteiger partial charge in [-0.05, 0) is 28.1 Å². The summed E-state index contributed by atoms with van der Waals surface area (Å²) in [6.45, 7) is 0.558. The third-order valence-electron chi connectivity index (χ3n) is 4.64. The number of benzene rings is 3. The van der Waals surface area contributed by atoms with Crippen molar-refractivity contribution in [2.75, 3.05) is 0 Å². The van der Waals surface area contributed by atoms with E-state index in [2.05, 4.69) is 71.4 Å². The molecule has 140 valence electrons. The molecule has 6 heteroatoms. The van der Waals surface area contributed by atoms with Crippen LogP contribution in [0.25, 0.3) is 10.9 Å². The molecule has 0 aliphatic rings. The van der Waals surface area contributed by atoms with Gasteiger partial charge >= 0.3 is 0 Å². The van der Waals surface area contributed by atoms with Crippen molar-refractivity contribution in [2.24, 2.45) is 0 Å². The molecule has 0 fully saturated rings. The van der Waals surface area contributed by atoms with E-state index in [4.69, 9.17) is 0 Å². The van der Waals surface area contributed by atoms with Crippen molar-refractivity contribution >= 4 is 42.8 Å². The van der Waals surface area contributed by atoms with E-state index in [1.165, 1.54) is 11.1 Å². The van der Waals surface area contributed by atoms with Gasteiger partial charge in [-0.15, -0.1) is 0 Å². The number of nitrogens with zero attached hydrogens (tertiary/aromatic N) is 1. The Morgan fingerprint density at radius 1 is 0.929 bits per heavy atom. The van der Waals surface area contributed by atoms with Crippen molar-refractivity contribution in [3.05, 3.63) is 109 Å². The van der Waals surface area contributed by atoms with Crippen LogP contribution in [0.3, 0.4) is 0 Å². The van der Waals surface area contributed by atoms with Gasteiger partial charge in [0, 0.05) is 20.1 Å². The summed E-state index contributed by atoms with van der Waals surface area (Å²) in [6.07, 6.45) is 0. The van der Waals surface area contributed by atoms with Crippen LogP contribution in [0.15, 0.2) is 86.5 Å². The molecule has 0 aliphatic carbocycles. The second kappa shape index (κ2) is 8.39. The highest BCUT2D eigenvalue weighted by Gasteiger charge is 2.18. The largest absolute Gasteiger partial charge is 0.330 e. The molecule has 0 amide bonds. The van der Waals surface area contributed by atoms with Crippen LogP contribution >= 0.6 is 31.9 Å². The number of nitrogens with two attached hydrogens (primary N) is 1. The van der Waals surface area contributed by atoms with E-state index >= 15 is 0 Å². The zero-order valence-electron chi connectivity index (χ0n) is 14.9. The normalized spacial score (nSPS) is 11.2. The highest BCUT2D eigenvalue weighted by Crippen LogP contribution is 2.25. The molecule has 4 aromatic rings. The van der Waals surface area contributed by atoms with E-state index in [0.717, 1.165) is 8.95 Å². The van der Waals surface area contributed by atoms with E-state index in [1.807, 2.05) is 42.5 Å². The molecule has 0 spiro atoms. The molecule has 0 atom stereocenters. The number of fused-ring (bicyclic) bond motifs is 1. The Balaban J connectivity index is 1.67. The van der Waals surface area contributed by atoms with Crippen LogP contribution in [0.2, 0.25) is 0 Å². The summed E-state index contributed by atoms with van der Waals surface area (Å²) in [4.78, 5) is 20.1. The second-order valence-electron chi connectivity index (χ2n) is 6.54. The summed E-state index contributed by atoms with van der Waals surface area (Å²) < 4.78 is 1.64. The Morgan fingerprint density at radius 2 is 1.54 bits per heavy atom. The van der Waals surface area contributed by atoms with E-state index in [0.29, 0.717) is 23.3 Å². The minimum atomic E-state index is -0.133. The van der Waals surface area contributed by atoms with Gasteiger partial charge in [-0.3, -0.25) is 4.79 Å². The van der Waals surface area contributed by atoms with Crippen LogP contribution in [0, 0.1) is 0 Å². The van der Waals surface area contributed by atoms with Gasteiger partial charge in [-0.25, -0.2) is 4.98 Å². The predicted molar refractivity (Wildman–Crippen MR) is 118 cm³/mol. The van der Waals surface area contributed by atoms with Crippen molar-refractivity contribution in [2.45, 2.75) is 12.6 Å². The molecule has 28 heavy (non-hydrogen) atoms. The van der Waals surface area contributed by atoms with Crippen molar-refractivity contribution in [3.8, 4) is 0 Å². The Kier molecular flexibility index (Phi) is 5.71. The lowest BCUT2D eigenvalue weighted by Crippen LogP contribution is -2.84. The third kappa shape index (κ3) is 4.09. The molecule has 4 rings (SSSR count). The second-order valence-corrected chi connectivity index (χ2v) is 8.31. The minimum Gasteiger partial charge on any atom is -0.330 e. The van der Waals surface area contributed by atoms with Crippen molar-refractivity contribution < 1.29 is 5.32 Å². The van der Waals surface area contributed by atoms with Crippen LogP contribution in [0.1, 0.15) is 23.0 Å². The molecule has 3 N–H and O–H groups in total. The molecule has 0 radical (unpaired) electrons. The quantitative estimate of drug-likeness (QED) is 0.430. The maximum absolute atomic E-state index is 12.5. The number of rotatable bonds is 5.